The summed E-state index contributed by atoms with van der Waals surface area (Å²) in [5, 5.41) is 44.4. The van der Waals surface area contributed by atoms with E-state index in [2.05, 4.69) is 33.3 Å². The fraction of sp³-hybridized carbons (Fsp3) is 0. The second-order valence-electron chi connectivity index (χ2n) is 10.2. The maximum absolute atomic E-state index is 10.5. The highest BCUT2D eigenvalue weighted by molar-refractivity contribution is 6.88. The van der Waals surface area contributed by atoms with E-state index in [1.807, 2.05) is 78.9 Å². The van der Waals surface area contributed by atoms with Gasteiger partial charge in [-0.05, 0) is 47.3 Å². The van der Waals surface area contributed by atoms with Gasteiger partial charge in [0.05, 0.1) is 56.5 Å². The van der Waals surface area contributed by atoms with Crippen LogP contribution in [0.25, 0.3) is 49.3 Å². The minimum Gasteiger partial charge on any atom is -0.374 e. The van der Waals surface area contributed by atoms with Gasteiger partial charge in [0.25, 0.3) is 0 Å². The van der Waals surface area contributed by atoms with E-state index in [0.717, 1.165) is 60.2 Å². The summed E-state index contributed by atoms with van der Waals surface area (Å²) < 4.78 is 4.25. The van der Waals surface area contributed by atoms with Crippen LogP contribution in [-0.4, -0.2) is 15.9 Å². The van der Waals surface area contributed by atoms with E-state index in [1.165, 1.54) is 0 Å². The van der Waals surface area contributed by atoms with Crippen LogP contribution in [0.1, 0.15) is 22.3 Å². The zero-order chi connectivity index (χ0) is 27.8. The topological polar surface area (TPSA) is 105 Å². The van der Waals surface area contributed by atoms with Crippen LogP contribution in [0.2, 0.25) is 0 Å². The van der Waals surface area contributed by atoms with Crippen LogP contribution >= 0.6 is 0 Å². The third-order valence-corrected chi connectivity index (χ3v) is 8.31. The van der Waals surface area contributed by atoms with Crippen LogP contribution in [0.15, 0.2) is 91.0 Å². The summed E-state index contributed by atoms with van der Waals surface area (Å²) in [4.78, 5) is 0. The Morgan fingerprint density at radius 3 is 1.83 bits per heavy atom. The van der Waals surface area contributed by atoms with Crippen molar-refractivity contribution in [2.24, 2.45) is 0 Å². The Morgan fingerprint density at radius 2 is 1.17 bits per heavy atom. The zero-order valence-electron chi connectivity index (χ0n) is 21.4. The summed E-state index contributed by atoms with van der Waals surface area (Å²) in [6.07, 6.45) is 0. The molecule has 2 aromatic heterocycles. The molecule has 8 rings (SSSR count). The summed E-state index contributed by atoms with van der Waals surface area (Å²) >= 11 is 0. The highest BCUT2D eigenvalue weighted by Crippen LogP contribution is 2.38. The lowest BCUT2D eigenvalue weighted by molar-refractivity contribution is 1.17. The lowest BCUT2D eigenvalue weighted by atomic mass is 9.47. The largest absolute Gasteiger partial charge is 0.374 e. The van der Waals surface area contributed by atoms with E-state index < -0.39 is 6.85 Å². The smallest absolute Gasteiger partial charge is 0.333 e. The average molecular weight is 518 g/mol. The maximum Gasteiger partial charge on any atom is 0.333 e. The van der Waals surface area contributed by atoms with Gasteiger partial charge in [-0.1, -0.05) is 54.6 Å². The van der Waals surface area contributed by atoms with E-state index in [1.54, 1.807) is 12.1 Å². The number of benzene rings is 5. The number of nitrogens with zero attached hydrogens (tertiary/aromatic N) is 6. The normalized spacial score (nSPS) is 11.8. The van der Waals surface area contributed by atoms with Crippen molar-refractivity contribution in [2.45, 2.75) is 0 Å². The Kier molecular flexibility index (Phi) is 4.49. The molecule has 0 unspecified atom stereocenters. The molecule has 41 heavy (non-hydrogen) atoms. The molecule has 1 aliphatic rings. The molecule has 0 spiro atoms. The molecular weight excluding hydrogens is 503 g/mol. The molecule has 1 aliphatic heterocycles. The molecule has 0 saturated heterocycles. The first-order chi connectivity index (χ1) is 20.2. The number of aromatic nitrogens is 2. The Balaban J connectivity index is 1.67. The Hall–Kier alpha value is -6.28. The Morgan fingerprint density at radius 1 is 0.537 bits per heavy atom. The van der Waals surface area contributed by atoms with Gasteiger partial charge in [-0.3, -0.25) is 0 Å². The van der Waals surface area contributed by atoms with Gasteiger partial charge >= 0.3 is 6.85 Å². The molecule has 184 valence electrons. The molecule has 6 nitrogen and oxygen atoms in total. The lowest BCUT2D eigenvalue weighted by Crippen LogP contribution is -2.54. The summed E-state index contributed by atoms with van der Waals surface area (Å²) in [7, 11) is 0. The van der Waals surface area contributed by atoms with Gasteiger partial charge in [0.15, 0.2) is 0 Å². The first-order valence-corrected chi connectivity index (χ1v) is 13.1. The molecule has 0 amide bonds. The summed E-state index contributed by atoms with van der Waals surface area (Å²) in [5.41, 5.74) is 7.95. The molecule has 0 radical (unpaired) electrons. The van der Waals surface area contributed by atoms with Crippen molar-refractivity contribution in [3.63, 3.8) is 0 Å². The van der Waals surface area contributed by atoms with E-state index in [0.29, 0.717) is 22.3 Å². The van der Waals surface area contributed by atoms with Gasteiger partial charge in [0.2, 0.25) is 0 Å². The zero-order valence-corrected chi connectivity index (χ0v) is 21.4. The van der Waals surface area contributed by atoms with Crippen molar-refractivity contribution in [1.29, 1.82) is 21.0 Å². The Labute approximate surface area is 234 Å². The molecule has 0 atom stereocenters. The predicted octanol–water partition coefficient (Wildman–Crippen LogP) is 5.35. The first kappa shape index (κ1) is 22.7. The van der Waals surface area contributed by atoms with Crippen molar-refractivity contribution in [3.05, 3.63) is 113 Å². The average Bonchev–Trinajstić information content (AvgIpc) is 3.55. The highest BCUT2D eigenvalue weighted by atomic mass is 15.0. The SMILES string of the molecule is N#Cc1ccc2c3ccc(C#N)c4c3n(c2c1)-c1ccccc1B4n1c2c(C#N)cccc2c2cccc(C#N)c21. The third-order valence-electron chi connectivity index (χ3n) is 8.31. The third kappa shape index (κ3) is 2.77. The number of hydrogen-bond acceptors (Lipinski definition) is 4. The van der Waals surface area contributed by atoms with Crippen molar-refractivity contribution < 1.29 is 0 Å². The minimum atomic E-state index is -0.499. The fourth-order valence-corrected chi connectivity index (χ4v) is 6.76. The molecule has 7 aromatic rings. The number of para-hydroxylation sites is 3. The van der Waals surface area contributed by atoms with Crippen LogP contribution in [0, 0.1) is 45.3 Å². The second-order valence-corrected chi connectivity index (χ2v) is 10.2. The molecule has 3 heterocycles. The number of hydrogen-bond donors (Lipinski definition) is 0. The molecule has 5 aromatic carbocycles. The molecular formula is C34H15BN6. The van der Waals surface area contributed by atoms with E-state index in [4.69, 9.17) is 0 Å². The van der Waals surface area contributed by atoms with Crippen molar-refractivity contribution in [2.75, 3.05) is 0 Å². The fourth-order valence-electron chi connectivity index (χ4n) is 6.76. The molecule has 0 fully saturated rings. The van der Waals surface area contributed by atoms with Gasteiger partial charge < -0.3 is 9.05 Å². The molecule has 0 N–H and O–H groups in total. The van der Waals surface area contributed by atoms with E-state index in [-0.39, 0.29) is 0 Å². The standard InChI is InChI=1S/C34H15BN6/c36-16-20-11-13-24-27-14-12-21(17-37)31-34(27)40(30(24)15-20)29-10-2-1-9-28(29)35(31)41-32-22(18-38)5-3-7-25(32)26-8-4-6-23(19-39)33(26)41/h1-15H. The van der Waals surface area contributed by atoms with E-state index >= 15 is 0 Å². The molecule has 0 aliphatic carbocycles. The summed E-state index contributed by atoms with van der Waals surface area (Å²) in [6.45, 7) is -0.499. The molecule has 7 heteroatoms. The van der Waals surface area contributed by atoms with Crippen LogP contribution in [0.4, 0.5) is 0 Å². The monoisotopic (exact) mass is 518 g/mol. The maximum atomic E-state index is 10.5. The van der Waals surface area contributed by atoms with Crippen molar-refractivity contribution >= 4 is 61.4 Å². The van der Waals surface area contributed by atoms with Crippen LogP contribution in [0.5, 0.6) is 0 Å². The van der Waals surface area contributed by atoms with Crippen molar-refractivity contribution in [1.82, 2.24) is 9.05 Å². The highest BCUT2D eigenvalue weighted by Gasteiger charge is 2.38. The van der Waals surface area contributed by atoms with Gasteiger partial charge in [-0.25, -0.2) is 0 Å². The van der Waals surface area contributed by atoms with Crippen LogP contribution in [-0.2, 0) is 0 Å². The van der Waals surface area contributed by atoms with Crippen LogP contribution < -0.4 is 10.9 Å². The first-order valence-electron chi connectivity index (χ1n) is 13.1. The van der Waals surface area contributed by atoms with Gasteiger partial charge in [0, 0.05) is 27.2 Å². The number of fused-ring (bicyclic) bond motifs is 8. The van der Waals surface area contributed by atoms with Gasteiger partial charge in [-0.15, -0.1) is 0 Å². The number of nitriles is 4. The summed E-state index contributed by atoms with van der Waals surface area (Å²) in [6, 6.07) is 38.3. The number of rotatable bonds is 1. The van der Waals surface area contributed by atoms with Gasteiger partial charge in [0.1, 0.15) is 12.1 Å². The van der Waals surface area contributed by atoms with E-state index in [9.17, 15) is 21.0 Å². The summed E-state index contributed by atoms with van der Waals surface area (Å²) in [5.74, 6) is 0. The van der Waals surface area contributed by atoms with Crippen molar-refractivity contribution in [3.8, 4) is 30.0 Å². The molecule has 0 saturated carbocycles. The lowest BCUT2D eigenvalue weighted by Gasteiger charge is -2.29. The molecule has 0 bridgehead atoms. The second kappa shape index (κ2) is 8.11. The quantitative estimate of drug-likeness (QED) is 0.273. The predicted molar refractivity (Wildman–Crippen MR) is 160 cm³/mol. The van der Waals surface area contributed by atoms with Gasteiger partial charge in [-0.2, -0.15) is 21.0 Å². The van der Waals surface area contributed by atoms with Crippen LogP contribution in [0.3, 0.4) is 0 Å². The Bertz CT molecular complexity index is 2420. The minimum absolute atomic E-state index is 0.496.